The van der Waals surface area contributed by atoms with E-state index in [-0.39, 0.29) is 29.0 Å². The summed E-state index contributed by atoms with van der Waals surface area (Å²) in [5.74, 6) is 0.151. The minimum absolute atomic E-state index is 0.00747. The number of anilines is 1. The Hall–Kier alpha value is -3.12. The van der Waals surface area contributed by atoms with Crippen LogP contribution < -0.4 is 14.8 Å². The summed E-state index contributed by atoms with van der Waals surface area (Å²) in [6, 6.07) is 6.99. The maximum absolute atomic E-state index is 14.3. The Labute approximate surface area is 181 Å². The van der Waals surface area contributed by atoms with Crippen molar-refractivity contribution in [1.82, 2.24) is 5.32 Å². The van der Waals surface area contributed by atoms with Crippen molar-refractivity contribution < 1.29 is 26.7 Å². The first-order valence-corrected chi connectivity index (χ1v) is 11.2. The molecule has 166 valence electrons. The number of sulfonamides is 1. The number of nitrogens with one attached hydrogen (secondary N) is 2. The number of terminal acetylenes is 1. The fraction of sp³-hybridized carbons (Fsp3) is 0.318. The minimum atomic E-state index is -3.72. The van der Waals surface area contributed by atoms with Crippen molar-refractivity contribution in [2.45, 2.75) is 32.7 Å². The normalized spacial score (nSPS) is 11.5. The van der Waals surface area contributed by atoms with Gasteiger partial charge in [-0.1, -0.05) is 32.8 Å². The molecule has 2 aromatic carbocycles. The molecule has 0 bridgehead atoms. The fourth-order valence-corrected chi connectivity index (χ4v) is 3.23. The molecule has 31 heavy (non-hydrogen) atoms. The van der Waals surface area contributed by atoms with Crippen LogP contribution in [0.4, 0.5) is 14.5 Å². The van der Waals surface area contributed by atoms with E-state index in [4.69, 9.17) is 11.2 Å². The highest BCUT2D eigenvalue weighted by molar-refractivity contribution is 7.92. The SMILES string of the molecule is C#Cc1cc(CNC(=O)COc2ccc(C(C)(C)C)cc2F)cc(F)c1NS(C)(=O)=O. The molecule has 1 amide bonds. The molecule has 0 saturated carbocycles. The molecular weight excluding hydrogens is 426 g/mol. The smallest absolute Gasteiger partial charge is 0.258 e. The summed E-state index contributed by atoms with van der Waals surface area (Å²) >= 11 is 0. The van der Waals surface area contributed by atoms with Crippen LogP contribution in [0.15, 0.2) is 30.3 Å². The molecule has 0 spiro atoms. The predicted octanol–water partition coefficient (Wildman–Crippen LogP) is 3.31. The van der Waals surface area contributed by atoms with Gasteiger partial charge in [0.15, 0.2) is 18.2 Å². The van der Waals surface area contributed by atoms with Crippen LogP contribution in [-0.2, 0) is 26.8 Å². The highest BCUT2D eigenvalue weighted by atomic mass is 32.2. The van der Waals surface area contributed by atoms with Gasteiger partial charge in [-0.25, -0.2) is 17.2 Å². The van der Waals surface area contributed by atoms with E-state index in [1.807, 2.05) is 25.5 Å². The first kappa shape index (κ1) is 24.2. The van der Waals surface area contributed by atoms with Gasteiger partial charge < -0.3 is 10.1 Å². The van der Waals surface area contributed by atoms with Gasteiger partial charge in [0.1, 0.15) is 5.82 Å². The van der Waals surface area contributed by atoms with E-state index in [9.17, 15) is 22.0 Å². The van der Waals surface area contributed by atoms with Gasteiger partial charge in [-0.3, -0.25) is 9.52 Å². The average molecular weight is 451 g/mol. The third-order valence-corrected chi connectivity index (χ3v) is 4.81. The van der Waals surface area contributed by atoms with Crippen molar-refractivity contribution in [3.05, 3.63) is 58.7 Å². The number of carbonyl (C=O) groups excluding carboxylic acids is 1. The number of carbonyl (C=O) groups is 1. The number of hydrogen-bond donors (Lipinski definition) is 2. The van der Waals surface area contributed by atoms with Crippen LogP contribution in [0.25, 0.3) is 0 Å². The Bertz CT molecular complexity index is 1130. The summed E-state index contributed by atoms with van der Waals surface area (Å²) in [7, 11) is -3.72. The van der Waals surface area contributed by atoms with Gasteiger partial charge in [0.05, 0.1) is 17.5 Å². The molecule has 6 nitrogen and oxygen atoms in total. The van der Waals surface area contributed by atoms with E-state index in [0.29, 0.717) is 5.56 Å². The molecule has 0 heterocycles. The van der Waals surface area contributed by atoms with Gasteiger partial charge in [-0.05, 0) is 40.8 Å². The molecule has 0 atom stereocenters. The lowest BCUT2D eigenvalue weighted by Gasteiger charge is -2.19. The summed E-state index contributed by atoms with van der Waals surface area (Å²) in [5, 5.41) is 2.51. The van der Waals surface area contributed by atoms with Gasteiger partial charge in [0.2, 0.25) is 10.0 Å². The summed E-state index contributed by atoms with van der Waals surface area (Å²) in [6.45, 7) is 5.33. The molecule has 0 aliphatic rings. The summed E-state index contributed by atoms with van der Waals surface area (Å²) in [6.07, 6.45) is 6.21. The first-order chi connectivity index (χ1) is 14.3. The molecule has 0 unspecified atom stereocenters. The lowest BCUT2D eigenvalue weighted by Crippen LogP contribution is -2.28. The molecule has 0 aromatic heterocycles. The average Bonchev–Trinajstić information content (AvgIpc) is 2.65. The van der Waals surface area contributed by atoms with Crippen LogP contribution in [-0.4, -0.2) is 27.2 Å². The van der Waals surface area contributed by atoms with Gasteiger partial charge in [0, 0.05) is 6.54 Å². The molecule has 2 aromatic rings. The summed E-state index contributed by atoms with van der Waals surface area (Å²) < 4.78 is 58.5. The maximum Gasteiger partial charge on any atom is 0.258 e. The molecule has 0 saturated heterocycles. The maximum atomic E-state index is 14.3. The van der Waals surface area contributed by atoms with E-state index < -0.39 is 34.2 Å². The highest BCUT2D eigenvalue weighted by Gasteiger charge is 2.17. The van der Waals surface area contributed by atoms with Gasteiger partial charge in [-0.15, -0.1) is 6.42 Å². The Morgan fingerprint density at radius 2 is 1.84 bits per heavy atom. The molecule has 0 radical (unpaired) electrons. The van der Waals surface area contributed by atoms with Crippen LogP contribution in [0.2, 0.25) is 0 Å². The molecule has 0 aliphatic heterocycles. The number of hydrogen-bond acceptors (Lipinski definition) is 4. The molecule has 9 heteroatoms. The lowest BCUT2D eigenvalue weighted by atomic mass is 9.87. The zero-order valence-electron chi connectivity index (χ0n) is 17.7. The van der Waals surface area contributed by atoms with Crippen molar-refractivity contribution in [2.24, 2.45) is 0 Å². The number of benzene rings is 2. The monoisotopic (exact) mass is 450 g/mol. The molecular formula is C22H24F2N2O4S. The largest absolute Gasteiger partial charge is 0.481 e. The molecule has 0 aliphatic carbocycles. The van der Waals surface area contributed by atoms with Gasteiger partial charge >= 0.3 is 0 Å². The number of halogens is 2. The van der Waals surface area contributed by atoms with Crippen LogP contribution in [0, 0.1) is 24.0 Å². The highest BCUT2D eigenvalue weighted by Crippen LogP contribution is 2.27. The third kappa shape index (κ3) is 6.96. The van der Waals surface area contributed by atoms with Crippen molar-refractivity contribution >= 4 is 21.6 Å². The zero-order valence-corrected chi connectivity index (χ0v) is 18.5. The molecule has 2 rings (SSSR count). The van der Waals surface area contributed by atoms with Gasteiger partial charge in [0.25, 0.3) is 5.91 Å². The van der Waals surface area contributed by atoms with Crippen LogP contribution in [0.1, 0.15) is 37.5 Å². The zero-order chi connectivity index (χ0) is 23.4. The Morgan fingerprint density at radius 3 is 2.39 bits per heavy atom. The van der Waals surface area contributed by atoms with E-state index in [2.05, 4.69) is 11.2 Å². The summed E-state index contributed by atoms with van der Waals surface area (Å²) in [4.78, 5) is 12.0. The Kier molecular flexibility index (Phi) is 7.28. The second-order valence-electron chi connectivity index (χ2n) is 7.98. The quantitative estimate of drug-likeness (QED) is 0.634. The van der Waals surface area contributed by atoms with Gasteiger partial charge in [-0.2, -0.15) is 0 Å². The van der Waals surface area contributed by atoms with E-state index in [0.717, 1.165) is 17.9 Å². The van der Waals surface area contributed by atoms with Crippen molar-refractivity contribution in [3.8, 4) is 18.1 Å². The van der Waals surface area contributed by atoms with E-state index in [1.165, 1.54) is 18.2 Å². The van der Waals surface area contributed by atoms with Crippen LogP contribution in [0.3, 0.4) is 0 Å². The number of ether oxygens (including phenoxy) is 1. The molecule has 2 N–H and O–H groups in total. The van der Waals surface area contributed by atoms with Crippen LogP contribution in [0.5, 0.6) is 5.75 Å². The second-order valence-corrected chi connectivity index (χ2v) is 9.73. The van der Waals surface area contributed by atoms with Crippen molar-refractivity contribution in [3.63, 3.8) is 0 Å². The number of rotatable bonds is 7. The standard InChI is InChI=1S/C22H24F2N2O4S/c1-6-15-9-14(10-18(24)21(15)26-31(5,28)29)12-25-20(27)13-30-19-8-7-16(11-17(19)23)22(2,3)4/h1,7-11,26H,12-13H2,2-5H3,(H,25,27). The number of amides is 1. The lowest BCUT2D eigenvalue weighted by molar-refractivity contribution is -0.123. The van der Waals surface area contributed by atoms with Crippen molar-refractivity contribution in [2.75, 3.05) is 17.6 Å². The second kappa shape index (κ2) is 9.35. The fourth-order valence-electron chi connectivity index (χ4n) is 2.65. The first-order valence-electron chi connectivity index (χ1n) is 9.26. The molecule has 0 fully saturated rings. The minimum Gasteiger partial charge on any atom is -0.481 e. The topological polar surface area (TPSA) is 84.5 Å². The third-order valence-electron chi connectivity index (χ3n) is 4.24. The predicted molar refractivity (Wildman–Crippen MR) is 115 cm³/mol. The van der Waals surface area contributed by atoms with Crippen LogP contribution >= 0.6 is 0 Å². The Morgan fingerprint density at radius 1 is 1.16 bits per heavy atom. The van der Waals surface area contributed by atoms with E-state index in [1.54, 1.807) is 6.07 Å². The summed E-state index contributed by atoms with van der Waals surface area (Å²) in [5.41, 5.74) is 0.542. The van der Waals surface area contributed by atoms with Crippen molar-refractivity contribution in [1.29, 1.82) is 0 Å². The van der Waals surface area contributed by atoms with E-state index >= 15 is 0 Å². The Balaban J connectivity index is 2.00.